The van der Waals surface area contributed by atoms with Gasteiger partial charge in [0.15, 0.2) is 11.5 Å². The van der Waals surface area contributed by atoms with E-state index >= 15 is 0 Å². The predicted molar refractivity (Wildman–Crippen MR) is 115 cm³/mol. The van der Waals surface area contributed by atoms with Gasteiger partial charge < -0.3 is 24.8 Å². The number of methoxy groups -OCH3 is 3. The lowest BCUT2D eigenvalue weighted by Crippen LogP contribution is -2.15. The fourth-order valence-electron chi connectivity index (χ4n) is 2.89. The molecule has 0 bridgehead atoms. The van der Waals surface area contributed by atoms with Crippen LogP contribution in [-0.4, -0.2) is 33.1 Å². The number of hydrogen-bond acceptors (Lipinski definition) is 5. The SMILES string of the molecule is COc1ccc(NC(=O)c2ccc(OC)c(OC)c2)cc1NC(=O)c1cccc(F)c1. The van der Waals surface area contributed by atoms with Crippen molar-refractivity contribution < 1.29 is 28.2 Å². The molecular formula is C23H21FN2O5. The highest BCUT2D eigenvalue weighted by atomic mass is 19.1. The lowest BCUT2D eigenvalue weighted by molar-refractivity contribution is 0.101. The van der Waals surface area contributed by atoms with Gasteiger partial charge in [0.25, 0.3) is 11.8 Å². The first-order valence-corrected chi connectivity index (χ1v) is 9.23. The van der Waals surface area contributed by atoms with Gasteiger partial charge >= 0.3 is 0 Å². The summed E-state index contributed by atoms with van der Waals surface area (Å²) in [6.07, 6.45) is 0. The van der Waals surface area contributed by atoms with Crippen LogP contribution in [0.4, 0.5) is 15.8 Å². The zero-order valence-electron chi connectivity index (χ0n) is 17.2. The van der Waals surface area contributed by atoms with E-state index in [0.717, 1.165) is 6.07 Å². The summed E-state index contributed by atoms with van der Waals surface area (Å²) in [7, 11) is 4.44. The summed E-state index contributed by atoms with van der Waals surface area (Å²) in [6, 6.07) is 14.9. The second kappa shape index (κ2) is 9.62. The molecule has 0 aliphatic heterocycles. The number of carbonyl (C=O) groups excluding carboxylic acids is 2. The summed E-state index contributed by atoms with van der Waals surface area (Å²) in [6.45, 7) is 0. The van der Waals surface area contributed by atoms with Gasteiger partial charge in [-0.2, -0.15) is 0 Å². The Balaban J connectivity index is 1.81. The Kier molecular flexibility index (Phi) is 6.71. The molecule has 0 saturated heterocycles. The molecule has 3 rings (SSSR count). The monoisotopic (exact) mass is 424 g/mol. The zero-order valence-corrected chi connectivity index (χ0v) is 17.2. The lowest BCUT2D eigenvalue weighted by atomic mass is 10.1. The van der Waals surface area contributed by atoms with Crippen molar-refractivity contribution in [1.82, 2.24) is 0 Å². The summed E-state index contributed by atoms with van der Waals surface area (Å²) in [5.41, 5.74) is 1.26. The van der Waals surface area contributed by atoms with Crippen LogP contribution in [-0.2, 0) is 0 Å². The number of halogens is 1. The minimum atomic E-state index is -0.518. The largest absolute Gasteiger partial charge is 0.495 e. The summed E-state index contributed by atoms with van der Waals surface area (Å²) in [5.74, 6) is -0.0992. The maximum atomic E-state index is 13.4. The van der Waals surface area contributed by atoms with Gasteiger partial charge in [0.05, 0.1) is 27.0 Å². The maximum absolute atomic E-state index is 13.4. The van der Waals surface area contributed by atoms with Crippen molar-refractivity contribution in [3.63, 3.8) is 0 Å². The summed E-state index contributed by atoms with van der Waals surface area (Å²) < 4.78 is 29.1. The molecule has 0 aromatic heterocycles. The first-order valence-electron chi connectivity index (χ1n) is 9.23. The van der Waals surface area contributed by atoms with E-state index in [4.69, 9.17) is 14.2 Å². The summed E-state index contributed by atoms with van der Waals surface area (Å²) in [5, 5.41) is 5.43. The maximum Gasteiger partial charge on any atom is 0.255 e. The van der Waals surface area contributed by atoms with Gasteiger partial charge in [-0.1, -0.05) is 6.07 Å². The van der Waals surface area contributed by atoms with E-state index in [2.05, 4.69) is 10.6 Å². The number of anilines is 2. The Bertz CT molecular complexity index is 1120. The third kappa shape index (κ3) is 5.11. The number of ether oxygens (including phenoxy) is 3. The molecule has 2 N–H and O–H groups in total. The second-order valence-electron chi connectivity index (χ2n) is 6.40. The van der Waals surface area contributed by atoms with E-state index in [9.17, 15) is 14.0 Å². The van der Waals surface area contributed by atoms with Crippen molar-refractivity contribution in [2.75, 3.05) is 32.0 Å². The number of rotatable bonds is 7. The minimum absolute atomic E-state index is 0.154. The number of hydrogen-bond donors (Lipinski definition) is 2. The lowest BCUT2D eigenvalue weighted by Gasteiger charge is -2.14. The van der Waals surface area contributed by atoms with Gasteiger partial charge in [-0.15, -0.1) is 0 Å². The van der Waals surface area contributed by atoms with Gasteiger partial charge in [0.2, 0.25) is 0 Å². The molecule has 2 amide bonds. The molecular weight excluding hydrogens is 403 g/mol. The number of benzene rings is 3. The van der Waals surface area contributed by atoms with Crippen molar-refractivity contribution in [3.8, 4) is 17.2 Å². The van der Waals surface area contributed by atoms with E-state index in [1.807, 2.05) is 0 Å². The summed E-state index contributed by atoms with van der Waals surface area (Å²) in [4.78, 5) is 25.1. The number of carbonyl (C=O) groups is 2. The van der Waals surface area contributed by atoms with E-state index in [1.54, 1.807) is 36.4 Å². The second-order valence-corrected chi connectivity index (χ2v) is 6.40. The van der Waals surface area contributed by atoms with E-state index in [-0.39, 0.29) is 11.5 Å². The third-order valence-corrected chi connectivity index (χ3v) is 4.44. The fraction of sp³-hybridized carbons (Fsp3) is 0.130. The minimum Gasteiger partial charge on any atom is -0.495 e. The van der Waals surface area contributed by atoms with Crippen LogP contribution in [0.3, 0.4) is 0 Å². The van der Waals surface area contributed by atoms with Crippen molar-refractivity contribution >= 4 is 23.2 Å². The highest BCUT2D eigenvalue weighted by Gasteiger charge is 2.14. The molecule has 0 aliphatic carbocycles. The molecule has 0 saturated carbocycles. The van der Waals surface area contributed by atoms with Crippen LogP contribution in [0.2, 0.25) is 0 Å². The van der Waals surface area contributed by atoms with Crippen LogP contribution < -0.4 is 24.8 Å². The molecule has 7 nitrogen and oxygen atoms in total. The first kappa shape index (κ1) is 21.6. The Morgan fingerprint density at radius 2 is 1.35 bits per heavy atom. The molecule has 3 aromatic rings. The average Bonchev–Trinajstić information content (AvgIpc) is 2.78. The standard InChI is InChI=1S/C23H21FN2O5/c1-29-19-10-8-17(13-18(19)26-23(28)14-5-4-6-16(24)11-14)25-22(27)15-7-9-20(30-2)21(12-15)31-3/h4-13H,1-3H3,(H,25,27)(H,26,28). The average molecular weight is 424 g/mol. The molecule has 0 fully saturated rings. The smallest absolute Gasteiger partial charge is 0.255 e. The normalized spacial score (nSPS) is 10.2. The van der Waals surface area contributed by atoms with Crippen molar-refractivity contribution in [3.05, 3.63) is 77.6 Å². The molecule has 31 heavy (non-hydrogen) atoms. The quantitative estimate of drug-likeness (QED) is 0.589. The molecule has 8 heteroatoms. The molecule has 0 aliphatic rings. The molecule has 0 unspecified atom stereocenters. The van der Waals surface area contributed by atoms with Crippen LogP contribution in [0.25, 0.3) is 0 Å². The Morgan fingerprint density at radius 1 is 0.710 bits per heavy atom. The molecule has 0 atom stereocenters. The molecule has 3 aromatic carbocycles. The van der Waals surface area contributed by atoms with Gasteiger partial charge in [-0.3, -0.25) is 9.59 Å². The van der Waals surface area contributed by atoms with Crippen LogP contribution >= 0.6 is 0 Å². The molecule has 0 heterocycles. The van der Waals surface area contributed by atoms with Gasteiger partial charge in [-0.05, 0) is 54.6 Å². The van der Waals surface area contributed by atoms with E-state index in [0.29, 0.717) is 34.2 Å². The fourth-order valence-corrected chi connectivity index (χ4v) is 2.89. The number of amides is 2. The van der Waals surface area contributed by atoms with E-state index < -0.39 is 11.7 Å². The van der Waals surface area contributed by atoms with Gasteiger partial charge in [0, 0.05) is 16.8 Å². The molecule has 160 valence electrons. The van der Waals surface area contributed by atoms with Crippen LogP contribution in [0, 0.1) is 5.82 Å². The predicted octanol–water partition coefficient (Wildman–Crippen LogP) is 4.36. The third-order valence-electron chi connectivity index (χ3n) is 4.44. The molecule has 0 spiro atoms. The Labute approximate surface area is 178 Å². The topological polar surface area (TPSA) is 85.9 Å². The van der Waals surface area contributed by atoms with Gasteiger partial charge in [0.1, 0.15) is 11.6 Å². The Morgan fingerprint density at radius 3 is 2.03 bits per heavy atom. The highest BCUT2D eigenvalue weighted by Crippen LogP contribution is 2.30. The van der Waals surface area contributed by atoms with Crippen molar-refractivity contribution in [1.29, 1.82) is 0 Å². The number of nitrogens with one attached hydrogen (secondary N) is 2. The van der Waals surface area contributed by atoms with Crippen molar-refractivity contribution in [2.24, 2.45) is 0 Å². The van der Waals surface area contributed by atoms with Crippen molar-refractivity contribution in [2.45, 2.75) is 0 Å². The van der Waals surface area contributed by atoms with E-state index in [1.165, 1.54) is 39.5 Å². The highest BCUT2D eigenvalue weighted by molar-refractivity contribution is 6.07. The summed E-state index contributed by atoms with van der Waals surface area (Å²) >= 11 is 0. The first-order chi connectivity index (χ1) is 14.9. The Hall–Kier alpha value is -4.07. The van der Waals surface area contributed by atoms with Crippen LogP contribution in [0.1, 0.15) is 20.7 Å². The zero-order chi connectivity index (χ0) is 22.4. The molecule has 0 radical (unpaired) electrons. The van der Waals surface area contributed by atoms with Crippen LogP contribution in [0.5, 0.6) is 17.2 Å². The van der Waals surface area contributed by atoms with Gasteiger partial charge in [-0.25, -0.2) is 4.39 Å². The van der Waals surface area contributed by atoms with Crippen LogP contribution in [0.15, 0.2) is 60.7 Å².